The highest BCUT2D eigenvalue weighted by atomic mass is 32.2. The summed E-state index contributed by atoms with van der Waals surface area (Å²) in [5, 5.41) is 8.71. The first-order valence-electron chi connectivity index (χ1n) is 5.92. The van der Waals surface area contributed by atoms with E-state index in [2.05, 4.69) is 4.72 Å². The first-order chi connectivity index (χ1) is 9.79. The van der Waals surface area contributed by atoms with Crippen molar-refractivity contribution in [1.29, 1.82) is 0 Å². The van der Waals surface area contributed by atoms with E-state index in [9.17, 15) is 17.6 Å². The number of aryl methyl sites for hydroxylation is 1. The van der Waals surface area contributed by atoms with Gasteiger partial charge in [0, 0.05) is 0 Å². The predicted octanol–water partition coefficient (Wildman–Crippen LogP) is 2.63. The minimum absolute atomic E-state index is 0.0378. The lowest BCUT2D eigenvalue weighted by Crippen LogP contribution is -2.13. The number of carbonyl (C=O) groups is 1. The Balaban J connectivity index is 2.31. The van der Waals surface area contributed by atoms with Crippen LogP contribution in [0.15, 0.2) is 47.4 Å². The molecule has 0 aromatic heterocycles. The van der Waals surface area contributed by atoms with Crippen molar-refractivity contribution in [3.05, 3.63) is 59.4 Å². The van der Waals surface area contributed by atoms with Gasteiger partial charge in [-0.1, -0.05) is 17.7 Å². The highest BCUT2D eigenvalue weighted by Gasteiger charge is 2.16. The largest absolute Gasteiger partial charge is 0.478 e. The van der Waals surface area contributed by atoms with E-state index in [0.29, 0.717) is 0 Å². The minimum Gasteiger partial charge on any atom is -0.478 e. The smallest absolute Gasteiger partial charge is 0.338 e. The molecule has 0 saturated heterocycles. The molecule has 0 bridgehead atoms. The van der Waals surface area contributed by atoms with Crippen molar-refractivity contribution in [2.45, 2.75) is 11.8 Å². The zero-order chi connectivity index (χ0) is 15.6. The average Bonchev–Trinajstić information content (AvgIpc) is 2.38. The first kappa shape index (κ1) is 15.0. The molecule has 0 aliphatic rings. The normalized spacial score (nSPS) is 11.1. The molecule has 0 radical (unpaired) electrons. The summed E-state index contributed by atoms with van der Waals surface area (Å²) in [4.78, 5) is 10.7. The number of hydrogen-bond acceptors (Lipinski definition) is 3. The monoisotopic (exact) mass is 309 g/mol. The van der Waals surface area contributed by atoms with E-state index in [0.717, 1.165) is 17.7 Å². The van der Waals surface area contributed by atoms with E-state index >= 15 is 0 Å². The second-order valence-corrected chi connectivity index (χ2v) is 6.10. The average molecular weight is 309 g/mol. The fourth-order valence-corrected chi connectivity index (χ4v) is 2.73. The number of benzene rings is 2. The predicted molar refractivity (Wildman–Crippen MR) is 75.3 cm³/mol. The number of hydrogen-bond donors (Lipinski definition) is 2. The number of anilines is 1. The van der Waals surface area contributed by atoms with Gasteiger partial charge in [0.2, 0.25) is 0 Å². The van der Waals surface area contributed by atoms with Crippen LogP contribution < -0.4 is 4.72 Å². The van der Waals surface area contributed by atoms with Crippen LogP contribution >= 0.6 is 0 Å². The van der Waals surface area contributed by atoms with Crippen LogP contribution in [0.2, 0.25) is 0 Å². The lowest BCUT2D eigenvalue weighted by Gasteiger charge is -2.09. The third-order valence-corrected chi connectivity index (χ3v) is 4.18. The summed E-state index contributed by atoms with van der Waals surface area (Å²) in [7, 11) is -3.84. The van der Waals surface area contributed by atoms with Gasteiger partial charge in [0.1, 0.15) is 5.82 Å². The molecule has 0 amide bonds. The van der Waals surface area contributed by atoms with Gasteiger partial charge in [-0.05, 0) is 37.3 Å². The summed E-state index contributed by atoms with van der Waals surface area (Å²) in [5.74, 6) is -2.42. The van der Waals surface area contributed by atoms with Crippen LogP contribution in [0.5, 0.6) is 0 Å². The van der Waals surface area contributed by atoms with Crippen LogP contribution in [0.3, 0.4) is 0 Å². The molecule has 2 rings (SSSR count). The maximum absolute atomic E-state index is 13.5. The Morgan fingerprint density at radius 3 is 2.29 bits per heavy atom. The fourth-order valence-electron chi connectivity index (χ4n) is 1.68. The molecule has 2 aromatic carbocycles. The minimum atomic E-state index is -3.84. The molecule has 0 unspecified atom stereocenters. The van der Waals surface area contributed by atoms with Crippen LogP contribution in [0.1, 0.15) is 15.9 Å². The van der Waals surface area contributed by atoms with Crippen LogP contribution in [-0.2, 0) is 10.0 Å². The van der Waals surface area contributed by atoms with Gasteiger partial charge >= 0.3 is 5.97 Å². The second-order valence-electron chi connectivity index (χ2n) is 4.42. The quantitative estimate of drug-likeness (QED) is 0.909. The number of sulfonamides is 1. The molecule has 0 spiro atoms. The number of carboxylic acids is 1. The highest BCUT2D eigenvalue weighted by molar-refractivity contribution is 7.92. The van der Waals surface area contributed by atoms with E-state index in [1.54, 1.807) is 12.1 Å². The molecule has 2 aromatic rings. The SMILES string of the molecule is Cc1ccc(S(=O)(=O)Nc2ccc(C(=O)O)c(F)c2)cc1. The van der Waals surface area contributed by atoms with Crippen molar-refractivity contribution < 1.29 is 22.7 Å². The molecular formula is C14H12FNO4S. The molecule has 110 valence electrons. The number of carboxylic acid groups (broad SMARTS) is 1. The molecule has 2 N–H and O–H groups in total. The Morgan fingerprint density at radius 2 is 1.76 bits per heavy atom. The van der Waals surface area contributed by atoms with Gasteiger partial charge in [0.15, 0.2) is 0 Å². The Kier molecular flexibility index (Phi) is 3.95. The van der Waals surface area contributed by atoms with Crippen molar-refractivity contribution >= 4 is 21.7 Å². The Morgan fingerprint density at radius 1 is 1.14 bits per heavy atom. The molecular weight excluding hydrogens is 297 g/mol. The summed E-state index contributed by atoms with van der Waals surface area (Å²) < 4.78 is 39.9. The lowest BCUT2D eigenvalue weighted by molar-refractivity contribution is 0.0692. The zero-order valence-corrected chi connectivity index (χ0v) is 11.8. The molecule has 0 aliphatic carbocycles. The molecule has 0 aliphatic heterocycles. The van der Waals surface area contributed by atoms with Gasteiger partial charge in [-0.15, -0.1) is 0 Å². The Bertz CT molecular complexity index is 785. The van der Waals surface area contributed by atoms with Crippen LogP contribution in [-0.4, -0.2) is 19.5 Å². The number of nitrogens with one attached hydrogen (secondary N) is 1. The van der Waals surface area contributed by atoms with E-state index in [1.807, 2.05) is 6.92 Å². The standard InChI is InChI=1S/C14H12FNO4S/c1-9-2-5-11(6-3-9)21(19,20)16-10-4-7-12(14(17)18)13(15)8-10/h2-8,16H,1H3,(H,17,18). The maximum Gasteiger partial charge on any atom is 0.338 e. The van der Waals surface area contributed by atoms with E-state index in [1.165, 1.54) is 18.2 Å². The molecule has 0 fully saturated rings. The van der Waals surface area contributed by atoms with Gasteiger partial charge in [0.25, 0.3) is 10.0 Å². The van der Waals surface area contributed by atoms with Gasteiger partial charge in [-0.25, -0.2) is 17.6 Å². The second kappa shape index (κ2) is 5.53. The number of aromatic carboxylic acids is 1. The topological polar surface area (TPSA) is 83.5 Å². The third kappa shape index (κ3) is 3.38. The summed E-state index contributed by atoms with van der Waals surface area (Å²) in [6, 6.07) is 9.17. The molecule has 21 heavy (non-hydrogen) atoms. The van der Waals surface area contributed by atoms with Crippen molar-refractivity contribution in [2.75, 3.05) is 4.72 Å². The van der Waals surface area contributed by atoms with E-state index in [4.69, 9.17) is 5.11 Å². The molecule has 7 heteroatoms. The fraction of sp³-hybridized carbons (Fsp3) is 0.0714. The summed E-state index contributed by atoms with van der Waals surface area (Å²) in [5.41, 5.74) is 0.345. The van der Waals surface area contributed by atoms with Crippen LogP contribution in [0.25, 0.3) is 0 Å². The summed E-state index contributed by atoms with van der Waals surface area (Å²) in [6.07, 6.45) is 0. The van der Waals surface area contributed by atoms with Crippen LogP contribution in [0, 0.1) is 12.7 Å². The summed E-state index contributed by atoms with van der Waals surface area (Å²) >= 11 is 0. The molecule has 5 nitrogen and oxygen atoms in total. The number of halogens is 1. The maximum atomic E-state index is 13.5. The van der Waals surface area contributed by atoms with Crippen LogP contribution in [0.4, 0.5) is 10.1 Å². The van der Waals surface area contributed by atoms with Gasteiger partial charge in [0.05, 0.1) is 16.1 Å². The van der Waals surface area contributed by atoms with E-state index < -0.39 is 27.4 Å². The highest BCUT2D eigenvalue weighted by Crippen LogP contribution is 2.19. The van der Waals surface area contributed by atoms with Crippen molar-refractivity contribution in [1.82, 2.24) is 0 Å². The lowest BCUT2D eigenvalue weighted by atomic mass is 10.2. The van der Waals surface area contributed by atoms with Gasteiger partial charge < -0.3 is 5.11 Å². The zero-order valence-electron chi connectivity index (χ0n) is 11.0. The third-order valence-electron chi connectivity index (χ3n) is 2.78. The van der Waals surface area contributed by atoms with Gasteiger partial charge in [-0.3, -0.25) is 4.72 Å². The Labute approximate surface area is 121 Å². The number of rotatable bonds is 4. The molecule has 0 heterocycles. The first-order valence-corrected chi connectivity index (χ1v) is 7.40. The van der Waals surface area contributed by atoms with E-state index in [-0.39, 0.29) is 10.6 Å². The van der Waals surface area contributed by atoms with Crippen molar-refractivity contribution in [2.24, 2.45) is 0 Å². The summed E-state index contributed by atoms with van der Waals surface area (Å²) in [6.45, 7) is 1.82. The Hall–Kier alpha value is -2.41. The molecule has 0 atom stereocenters. The van der Waals surface area contributed by atoms with Crippen molar-refractivity contribution in [3.63, 3.8) is 0 Å². The van der Waals surface area contributed by atoms with Crippen molar-refractivity contribution in [3.8, 4) is 0 Å². The molecule has 0 saturated carbocycles. The van der Waals surface area contributed by atoms with Gasteiger partial charge in [-0.2, -0.15) is 0 Å².